The fourth-order valence-electron chi connectivity index (χ4n) is 2.01. The normalized spacial score (nSPS) is 14.2. The Hall–Kier alpha value is -1.88. The molecule has 1 atom stereocenters. The Labute approximate surface area is 113 Å². The van der Waals surface area contributed by atoms with E-state index in [1.165, 1.54) is 19.1 Å². The van der Waals surface area contributed by atoms with Gasteiger partial charge in [0.15, 0.2) is 11.6 Å². The quantitative estimate of drug-likeness (QED) is 0.831. The van der Waals surface area contributed by atoms with Crippen LogP contribution in [0.25, 0.3) is 0 Å². The summed E-state index contributed by atoms with van der Waals surface area (Å²) in [5, 5.41) is 10.4. The van der Waals surface area contributed by atoms with Gasteiger partial charge in [0, 0.05) is 11.6 Å². The minimum absolute atomic E-state index is 0.0764. The predicted octanol–water partition coefficient (Wildman–Crippen LogP) is 3.81. The lowest BCUT2D eigenvalue weighted by Crippen LogP contribution is -2.25. The van der Waals surface area contributed by atoms with E-state index in [0.717, 1.165) is 19.1 Å². The molecule has 0 heterocycles. The highest BCUT2D eigenvalue weighted by Gasteiger charge is 2.31. The Kier molecular flexibility index (Phi) is 3.56. The van der Waals surface area contributed by atoms with Gasteiger partial charge in [0.2, 0.25) is 0 Å². The van der Waals surface area contributed by atoms with Crippen LogP contribution in [0.5, 0.6) is 0 Å². The fourth-order valence-corrected chi connectivity index (χ4v) is 2.01. The number of benzene rings is 2. The van der Waals surface area contributed by atoms with Crippen molar-refractivity contribution in [1.29, 1.82) is 0 Å². The van der Waals surface area contributed by atoms with Crippen molar-refractivity contribution in [2.24, 2.45) is 0 Å². The van der Waals surface area contributed by atoms with Gasteiger partial charge >= 0.3 is 0 Å². The Bertz CT molecular complexity index is 645. The lowest BCUT2D eigenvalue weighted by molar-refractivity contribution is 0.0962. The summed E-state index contributed by atoms with van der Waals surface area (Å²) < 4.78 is 53.9. The SMILES string of the molecule is Cc1ccc(C(C)(O)c2cc(F)cc(F)c2)c(F)c1F. The fraction of sp³-hybridized carbons (Fsp3) is 0.200. The summed E-state index contributed by atoms with van der Waals surface area (Å²) >= 11 is 0. The second kappa shape index (κ2) is 4.90. The van der Waals surface area contributed by atoms with Crippen molar-refractivity contribution in [2.45, 2.75) is 19.4 Å². The van der Waals surface area contributed by atoms with Crippen LogP contribution in [0, 0.1) is 30.2 Å². The van der Waals surface area contributed by atoms with Crippen LogP contribution in [0.2, 0.25) is 0 Å². The first kappa shape index (κ1) is 14.5. The molecule has 0 spiro atoms. The van der Waals surface area contributed by atoms with Gasteiger partial charge in [0.05, 0.1) is 0 Å². The molecule has 2 aromatic rings. The van der Waals surface area contributed by atoms with Gasteiger partial charge in [0.25, 0.3) is 0 Å². The van der Waals surface area contributed by atoms with Crippen molar-refractivity contribution in [1.82, 2.24) is 0 Å². The van der Waals surface area contributed by atoms with Crippen molar-refractivity contribution in [3.63, 3.8) is 0 Å². The molecule has 1 unspecified atom stereocenters. The predicted molar refractivity (Wildman–Crippen MR) is 66.1 cm³/mol. The highest BCUT2D eigenvalue weighted by atomic mass is 19.2. The Balaban J connectivity index is 2.63. The minimum Gasteiger partial charge on any atom is -0.381 e. The second-order valence-electron chi connectivity index (χ2n) is 4.79. The zero-order valence-electron chi connectivity index (χ0n) is 10.8. The van der Waals surface area contributed by atoms with E-state index in [1.54, 1.807) is 0 Å². The van der Waals surface area contributed by atoms with E-state index in [2.05, 4.69) is 0 Å². The summed E-state index contributed by atoms with van der Waals surface area (Å²) in [5.41, 5.74) is -2.56. The lowest BCUT2D eigenvalue weighted by Gasteiger charge is -2.25. The van der Waals surface area contributed by atoms with E-state index in [4.69, 9.17) is 0 Å². The van der Waals surface area contributed by atoms with Crippen LogP contribution in [0.3, 0.4) is 0 Å². The molecule has 0 fully saturated rings. The van der Waals surface area contributed by atoms with E-state index >= 15 is 0 Å². The van der Waals surface area contributed by atoms with E-state index in [0.29, 0.717) is 6.07 Å². The highest BCUT2D eigenvalue weighted by Crippen LogP contribution is 2.33. The lowest BCUT2D eigenvalue weighted by atomic mass is 9.87. The maximum atomic E-state index is 13.9. The number of halogens is 4. The number of aryl methyl sites for hydroxylation is 1. The summed E-state index contributed by atoms with van der Waals surface area (Å²) in [5.74, 6) is -4.15. The molecule has 0 saturated heterocycles. The molecule has 0 aliphatic carbocycles. The Morgan fingerprint density at radius 3 is 2.00 bits per heavy atom. The molecule has 0 aliphatic heterocycles. The largest absolute Gasteiger partial charge is 0.381 e. The van der Waals surface area contributed by atoms with E-state index in [1.807, 2.05) is 0 Å². The molecule has 20 heavy (non-hydrogen) atoms. The monoisotopic (exact) mass is 284 g/mol. The van der Waals surface area contributed by atoms with Crippen LogP contribution in [-0.4, -0.2) is 5.11 Å². The topological polar surface area (TPSA) is 20.2 Å². The van der Waals surface area contributed by atoms with Gasteiger partial charge in [-0.3, -0.25) is 0 Å². The van der Waals surface area contributed by atoms with Gasteiger partial charge in [-0.2, -0.15) is 0 Å². The van der Waals surface area contributed by atoms with Gasteiger partial charge in [-0.15, -0.1) is 0 Å². The van der Waals surface area contributed by atoms with Crippen molar-refractivity contribution in [3.05, 3.63) is 70.3 Å². The van der Waals surface area contributed by atoms with E-state index in [-0.39, 0.29) is 16.7 Å². The molecule has 1 N–H and O–H groups in total. The highest BCUT2D eigenvalue weighted by molar-refractivity contribution is 5.38. The minimum atomic E-state index is -2.05. The zero-order chi connectivity index (χ0) is 15.1. The molecule has 0 aliphatic rings. The number of aliphatic hydroxyl groups is 1. The van der Waals surface area contributed by atoms with Gasteiger partial charge in [-0.25, -0.2) is 17.6 Å². The van der Waals surface area contributed by atoms with Crippen LogP contribution in [0.1, 0.15) is 23.6 Å². The molecule has 0 bridgehead atoms. The van der Waals surface area contributed by atoms with Crippen LogP contribution in [0.15, 0.2) is 30.3 Å². The van der Waals surface area contributed by atoms with Crippen LogP contribution >= 0.6 is 0 Å². The molecule has 106 valence electrons. The van der Waals surface area contributed by atoms with Crippen LogP contribution in [0.4, 0.5) is 17.6 Å². The van der Waals surface area contributed by atoms with Gasteiger partial charge in [-0.05, 0) is 37.1 Å². The zero-order valence-corrected chi connectivity index (χ0v) is 10.8. The molecule has 0 radical (unpaired) electrons. The number of rotatable bonds is 2. The van der Waals surface area contributed by atoms with E-state index in [9.17, 15) is 22.7 Å². The van der Waals surface area contributed by atoms with E-state index < -0.39 is 28.9 Å². The molecular weight excluding hydrogens is 272 g/mol. The Morgan fingerprint density at radius 1 is 0.900 bits per heavy atom. The second-order valence-corrected chi connectivity index (χ2v) is 4.79. The van der Waals surface area contributed by atoms with Crippen molar-refractivity contribution >= 4 is 0 Å². The third-order valence-corrected chi connectivity index (χ3v) is 3.22. The van der Waals surface area contributed by atoms with Crippen LogP contribution in [-0.2, 0) is 5.60 Å². The van der Waals surface area contributed by atoms with Gasteiger partial charge in [0.1, 0.15) is 17.2 Å². The van der Waals surface area contributed by atoms with Gasteiger partial charge in [-0.1, -0.05) is 12.1 Å². The summed E-state index contributed by atoms with van der Waals surface area (Å²) in [7, 11) is 0. The summed E-state index contributed by atoms with van der Waals surface area (Å²) in [6.07, 6.45) is 0. The van der Waals surface area contributed by atoms with Crippen molar-refractivity contribution < 1.29 is 22.7 Å². The molecule has 1 nitrogen and oxygen atoms in total. The first-order chi connectivity index (χ1) is 9.23. The first-order valence-corrected chi connectivity index (χ1v) is 5.87. The average Bonchev–Trinajstić information content (AvgIpc) is 2.34. The molecule has 5 heteroatoms. The summed E-state index contributed by atoms with van der Waals surface area (Å²) in [4.78, 5) is 0. The first-order valence-electron chi connectivity index (χ1n) is 5.87. The molecule has 0 aromatic heterocycles. The maximum absolute atomic E-state index is 13.9. The standard InChI is InChI=1S/C15H12F4O/c1-8-3-4-12(14(19)13(8)18)15(2,20)9-5-10(16)7-11(17)6-9/h3-7,20H,1-2H3. The molecule has 0 saturated carbocycles. The average molecular weight is 284 g/mol. The number of hydrogen-bond acceptors (Lipinski definition) is 1. The molecule has 0 amide bonds. The molecule has 2 rings (SSSR count). The Morgan fingerprint density at radius 2 is 1.45 bits per heavy atom. The third kappa shape index (κ3) is 2.41. The van der Waals surface area contributed by atoms with Gasteiger partial charge < -0.3 is 5.11 Å². The molecular formula is C15H12F4O. The summed E-state index contributed by atoms with van der Waals surface area (Å²) in [6, 6.07) is 4.86. The number of hydrogen-bond donors (Lipinski definition) is 1. The van der Waals surface area contributed by atoms with Crippen molar-refractivity contribution in [3.8, 4) is 0 Å². The smallest absolute Gasteiger partial charge is 0.165 e. The summed E-state index contributed by atoms with van der Waals surface area (Å²) in [6.45, 7) is 2.52. The van der Waals surface area contributed by atoms with Crippen LogP contribution < -0.4 is 0 Å². The van der Waals surface area contributed by atoms with Crippen molar-refractivity contribution in [2.75, 3.05) is 0 Å². The molecule has 2 aromatic carbocycles. The maximum Gasteiger partial charge on any atom is 0.165 e. The third-order valence-electron chi connectivity index (χ3n) is 3.22.